The van der Waals surface area contributed by atoms with Crippen LogP contribution in [0.2, 0.25) is 0 Å². The van der Waals surface area contributed by atoms with Crippen molar-refractivity contribution in [3.05, 3.63) is 85.1 Å². The molecule has 0 radical (unpaired) electrons. The van der Waals surface area contributed by atoms with Crippen molar-refractivity contribution in [1.29, 1.82) is 0 Å². The molecule has 0 aromatic heterocycles. The molecule has 0 amide bonds. The third-order valence-electron chi connectivity index (χ3n) is 15.4. The summed E-state index contributed by atoms with van der Waals surface area (Å²) in [4.78, 5) is 38.4. The molecule has 0 bridgehead atoms. The number of unbranched alkanes of at least 4 members (excludes halogenated alkanes) is 39. The first-order chi connectivity index (χ1) is 40.0. The molecule has 6 heteroatoms. The van der Waals surface area contributed by atoms with Crippen LogP contribution >= 0.6 is 0 Å². The van der Waals surface area contributed by atoms with Crippen molar-refractivity contribution < 1.29 is 28.6 Å². The molecule has 0 saturated carbocycles. The number of rotatable bonds is 64. The molecule has 0 aliphatic rings. The number of hydrogen-bond acceptors (Lipinski definition) is 6. The third kappa shape index (κ3) is 67.3. The average molecular weight is 1130 g/mol. The van der Waals surface area contributed by atoms with Crippen molar-refractivity contribution >= 4 is 17.9 Å². The molecule has 468 valence electrons. The predicted octanol–water partition coefficient (Wildman–Crippen LogP) is 24.2. The molecular formula is C75H132O6. The third-order valence-corrected chi connectivity index (χ3v) is 15.4. The van der Waals surface area contributed by atoms with E-state index in [1.807, 2.05) is 0 Å². The van der Waals surface area contributed by atoms with Crippen molar-refractivity contribution in [1.82, 2.24) is 0 Å². The Bertz CT molecular complexity index is 1530. The number of carbonyl (C=O) groups excluding carboxylic acids is 3. The molecule has 0 aromatic carbocycles. The van der Waals surface area contributed by atoms with Crippen molar-refractivity contribution in [3.8, 4) is 0 Å². The Morgan fingerprint density at radius 3 is 0.790 bits per heavy atom. The highest BCUT2D eigenvalue weighted by molar-refractivity contribution is 5.71. The number of esters is 3. The van der Waals surface area contributed by atoms with Gasteiger partial charge in [-0.1, -0.05) is 331 Å². The van der Waals surface area contributed by atoms with Crippen LogP contribution in [0.5, 0.6) is 0 Å². The lowest BCUT2D eigenvalue weighted by Crippen LogP contribution is -2.30. The van der Waals surface area contributed by atoms with Gasteiger partial charge in [-0.2, -0.15) is 0 Å². The van der Waals surface area contributed by atoms with Gasteiger partial charge < -0.3 is 14.2 Å². The summed E-state index contributed by atoms with van der Waals surface area (Å²) in [6.07, 6.45) is 91.8. The Morgan fingerprint density at radius 2 is 0.494 bits per heavy atom. The van der Waals surface area contributed by atoms with E-state index in [1.54, 1.807) is 0 Å². The second-order valence-electron chi connectivity index (χ2n) is 23.4. The van der Waals surface area contributed by atoms with Gasteiger partial charge in [0.25, 0.3) is 0 Å². The molecule has 0 N–H and O–H groups in total. The van der Waals surface area contributed by atoms with E-state index >= 15 is 0 Å². The number of hydrogen-bond donors (Lipinski definition) is 0. The first kappa shape index (κ1) is 77.6. The van der Waals surface area contributed by atoms with Crippen LogP contribution in [0.1, 0.15) is 355 Å². The zero-order chi connectivity index (χ0) is 58.5. The highest BCUT2D eigenvalue weighted by atomic mass is 16.6. The Balaban J connectivity index is 4.26. The average Bonchev–Trinajstić information content (AvgIpc) is 3.47. The molecule has 0 aliphatic heterocycles. The highest BCUT2D eigenvalue weighted by Gasteiger charge is 2.19. The molecule has 0 spiro atoms. The van der Waals surface area contributed by atoms with Gasteiger partial charge in [0.05, 0.1) is 0 Å². The van der Waals surface area contributed by atoms with Crippen molar-refractivity contribution in [2.24, 2.45) is 0 Å². The topological polar surface area (TPSA) is 78.9 Å². The number of allylic oxidation sites excluding steroid dienone is 14. The second kappa shape index (κ2) is 69.1. The molecule has 1 atom stereocenters. The molecule has 0 aromatic rings. The molecule has 0 fully saturated rings. The quantitative estimate of drug-likeness (QED) is 0.0261. The van der Waals surface area contributed by atoms with E-state index in [0.717, 1.165) is 109 Å². The molecule has 1 unspecified atom stereocenters. The normalized spacial score (nSPS) is 12.6. The smallest absolute Gasteiger partial charge is 0.306 e. The van der Waals surface area contributed by atoms with E-state index in [0.29, 0.717) is 19.3 Å². The summed E-state index contributed by atoms with van der Waals surface area (Å²) in [5.74, 6) is -0.872. The van der Waals surface area contributed by atoms with Crippen LogP contribution in [0.25, 0.3) is 0 Å². The van der Waals surface area contributed by atoms with Gasteiger partial charge in [-0.15, -0.1) is 0 Å². The van der Waals surface area contributed by atoms with Gasteiger partial charge in [0.15, 0.2) is 6.10 Å². The fraction of sp³-hybridized carbons (Fsp3) is 0.773. The predicted molar refractivity (Wildman–Crippen MR) is 353 cm³/mol. The highest BCUT2D eigenvalue weighted by Crippen LogP contribution is 2.18. The van der Waals surface area contributed by atoms with E-state index in [4.69, 9.17) is 14.2 Å². The monoisotopic (exact) mass is 1130 g/mol. The number of ether oxygens (including phenoxy) is 3. The minimum Gasteiger partial charge on any atom is -0.462 e. The summed E-state index contributed by atoms with van der Waals surface area (Å²) >= 11 is 0. The van der Waals surface area contributed by atoms with Crippen molar-refractivity contribution in [2.75, 3.05) is 13.2 Å². The van der Waals surface area contributed by atoms with E-state index in [1.165, 1.54) is 205 Å². The van der Waals surface area contributed by atoms with Gasteiger partial charge in [0.2, 0.25) is 0 Å². The molecule has 0 saturated heterocycles. The van der Waals surface area contributed by atoms with Crippen LogP contribution < -0.4 is 0 Å². The summed E-state index contributed by atoms with van der Waals surface area (Å²) in [5, 5.41) is 0. The van der Waals surface area contributed by atoms with Crippen LogP contribution in [0.15, 0.2) is 85.1 Å². The Labute approximate surface area is 503 Å². The minimum atomic E-state index is -0.782. The first-order valence-electron chi connectivity index (χ1n) is 35.1. The summed E-state index contributed by atoms with van der Waals surface area (Å²) < 4.78 is 17.0. The van der Waals surface area contributed by atoms with Crippen LogP contribution in [-0.4, -0.2) is 37.2 Å². The maximum atomic E-state index is 12.9. The van der Waals surface area contributed by atoms with Crippen molar-refractivity contribution in [2.45, 2.75) is 361 Å². The van der Waals surface area contributed by atoms with Gasteiger partial charge >= 0.3 is 17.9 Å². The maximum Gasteiger partial charge on any atom is 0.306 e. The molecule has 0 rings (SSSR count). The largest absolute Gasteiger partial charge is 0.462 e. The Hall–Kier alpha value is -3.41. The fourth-order valence-corrected chi connectivity index (χ4v) is 10.1. The summed E-state index contributed by atoms with van der Waals surface area (Å²) in [7, 11) is 0. The molecule has 0 aliphatic carbocycles. The fourth-order valence-electron chi connectivity index (χ4n) is 10.1. The van der Waals surface area contributed by atoms with Gasteiger partial charge in [0.1, 0.15) is 13.2 Å². The van der Waals surface area contributed by atoms with E-state index in [9.17, 15) is 14.4 Å². The van der Waals surface area contributed by atoms with Gasteiger partial charge in [-0.05, 0) is 89.9 Å². The maximum absolute atomic E-state index is 12.9. The minimum absolute atomic E-state index is 0.0776. The van der Waals surface area contributed by atoms with Crippen LogP contribution in [0.4, 0.5) is 0 Å². The second-order valence-corrected chi connectivity index (χ2v) is 23.4. The Kier molecular flexibility index (Phi) is 66.2. The lowest BCUT2D eigenvalue weighted by molar-refractivity contribution is -0.167. The summed E-state index contributed by atoms with van der Waals surface area (Å²) in [5.41, 5.74) is 0. The van der Waals surface area contributed by atoms with Crippen molar-refractivity contribution in [3.63, 3.8) is 0 Å². The summed E-state index contributed by atoms with van der Waals surface area (Å²) in [6, 6.07) is 0. The lowest BCUT2D eigenvalue weighted by atomic mass is 10.0. The molecule has 6 nitrogen and oxygen atoms in total. The standard InChI is InChI=1S/C75H132O6/c1-4-7-10-13-16-19-22-25-28-30-32-34-35-36-37-38-39-40-41-42-44-45-47-50-53-56-59-62-65-68-74(77)80-71-72(70-79-73(76)67-64-61-58-55-52-49-27-24-21-18-15-12-9-6-3)81-75(78)69-66-63-60-57-54-51-48-46-43-33-31-29-26-23-20-17-14-11-8-5-2/h7,10,15-16,18-19,24-25,27-28,32,34,36-37,72H,4-6,8-9,11-14,17,20-23,26,29-31,33,35,38-71H2,1-3H3/b10-7-,18-15-,19-16-,27-24-,28-25-,34-32-,37-36-. The lowest BCUT2D eigenvalue weighted by Gasteiger charge is -2.18. The van der Waals surface area contributed by atoms with E-state index in [-0.39, 0.29) is 31.1 Å². The van der Waals surface area contributed by atoms with Crippen LogP contribution in [0, 0.1) is 0 Å². The first-order valence-corrected chi connectivity index (χ1v) is 35.1. The zero-order valence-electron chi connectivity index (χ0n) is 53.8. The molecule has 81 heavy (non-hydrogen) atoms. The van der Waals surface area contributed by atoms with Crippen LogP contribution in [-0.2, 0) is 28.6 Å². The summed E-state index contributed by atoms with van der Waals surface area (Å²) in [6.45, 7) is 6.53. The van der Waals surface area contributed by atoms with Gasteiger partial charge in [-0.3, -0.25) is 14.4 Å². The molecular weight excluding hydrogens is 997 g/mol. The van der Waals surface area contributed by atoms with Crippen LogP contribution in [0.3, 0.4) is 0 Å². The van der Waals surface area contributed by atoms with Gasteiger partial charge in [-0.25, -0.2) is 0 Å². The molecule has 0 heterocycles. The van der Waals surface area contributed by atoms with E-state index in [2.05, 4.69) is 106 Å². The SMILES string of the molecule is CC/C=C\C/C=C\C/C=C\C/C=C\C/C=C\CCCCCCCCCCCCCCCC(=O)OCC(COC(=O)CCCCCCC/C=C\C/C=C\CCCC)OC(=O)CCCCCCCCCCCCCCCCCCCCCC. The van der Waals surface area contributed by atoms with Gasteiger partial charge in [0, 0.05) is 19.3 Å². The number of carbonyl (C=O) groups is 3. The Morgan fingerprint density at radius 1 is 0.259 bits per heavy atom. The zero-order valence-corrected chi connectivity index (χ0v) is 53.8. The van der Waals surface area contributed by atoms with E-state index < -0.39 is 6.10 Å².